The molecular weight excluding hydrogens is 138 g/mol. The second-order valence-electron chi connectivity index (χ2n) is 2.96. The normalized spacial score (nSPS) is 21.7. The van der Waals surface area contributed by atoms with E-state index in [1.54, 1.807) is 0 Å². The maximum Gasteiger partial charge on any atom is 0.0602 e. The fourth-order valence-corrected chi connectivity index (χ4v) is 1.00. The van der Waals surface area contributed by atoms with Crippen LogP contribution in [0.2, 0.25) is 0 Å². The lowest BCUT2D eigenvalue weighted by Gasteiger charge is -1.96. The third-order valence-corrected chi connectivity index (χ3v) is 1.78. The highest BCUT2D eigenvalue weighted by molar-refractivity contribution is 5.05. The van der Waals surface area contributed by atoms with Crippen LogP contribution in [-0.2, 0) is 6.42 Å². The zero-order valence-electron chi connectivity index (χ0n) is 6.54. The van der Waals surface area contributed by atoms with E-state index in [0.717, 1.165) is 24.4 Å². The summed E-state index contributed by atoms with van der Waals surface area (Å²) in [6, 6.07) is 0.659. The predicted octanol–water partition coefficient (Wildman–Crippen LogP) is 0.299. The van der Waals surface area contributed by atoms with Crippen molar-refractivity contribution in [3.05, 3.63) is 23.8 Å². The second kappa shape index (κ2) is 2.58. The molecule has 58 valence electrons. The van der Waals surface area contributed by atoms with Gasteiger partial charge < -0.3 is 5.32 Å². The van der Waals surface area contributed by atoms with Crippen molar-refractivity contribution in [1.82, 2.24) is 15.3 Å². The average Bonchev–Trinajstić information content (AvgIpc) is 2.78. The van der Waals surface area contributed by atoms with E-state index in [1.807, 2.05) is 19.3 Å². The molecule has 1 unspecified atom stereocenters. The Balaban J connectivity index is 2.06. The molecule has 2 rings (SSSR count). The minimum atomic E-state index is 0.659. The van der Waals surface area contributed by atoms with Gasteiger partial charge in [-0.25, -0.2) is 0 Å². The molecular formula is C8H11N3. The number of hydrogen-bond donors (Lipinski definition) is 1. The summed E-state index contributed by atoms with van der Waals surface area (Å²) in [6.07, 6.45) is 4.69. The summed E-state index contributed by atoms with van der Waals surface area (Å²) < 4.78 is 0. The number of aryl methyl sites for hydroxylation is 1. The number of nitrogens with zero attached hydrogens (tertiary/aromatic N) is 2. The molecule has 1 aliphatic rings. The monoisotopic (exact) mass is 149 g/mol. The maximum atomic E-state index is 4.26. The van der Waals surface area contributed by atoms with Gasteiger partial charge in [0, 0.05) is 31.4 Å². The van der Waals surface area contributed by atoms with E-state index in [1.165, 1.54) is 0 Å². The highest BCUT2D eigenvalue weighted by Crippen LogP contribution is 2.05. The van der Waals surface area contributed by atoms with Gasteiger partial charge in [0.1, 0.15) is 0 Å². The molecule has 1 aromatic rings. The van der Waals surface area contributed by atoms with E-state index in [-0.39, 0.29) is 0 Å². The van der Waals surface area contributed by atoms with Crippen LogP contribution in [0.3, 0.4) is 0 Å². The second-order valence-corrected chi connectivity index (χ2v) is 2.96. The molecule has 0 bridgehead atoms. The van der Waals surface area contributed by atoms with Crippen molar-refractivity contribution in [2.45, 2.75) is 19.4 Å². The largest absolute Gasteiger partial charge is 0.311 e. The van der Waals surface area contributed by atoms with E-state index >= 15 is 0 Å². The van der Waals surface area contributed by atoms with Gasteiger partial charge in [-0.15, -0.1) is 0 Å². The van der Waals surface area contributed by atoms with E-state index in [9.17, 15) is 0 Å². The van der Waals surface area contributed by atoms with Gasteiger partial charge in [-0.1, -0.05) is 0 Å². The first-order valence-corrected chi connectivity index (χ1v) is 3.85. The summed E-state index contributed by atoms with van der Waals surface area (Å²) in [5, 5.41) is 3.23. The van der Waals surface area contributed by atoms with Crippen molar-refractivity contribution in [2.75, 3.05) is 6.54 Å². The Hall–Kier alpha value is -0.960. The lowest BCUT2D eigenvalue weighted by atomic mass is 10.2. The number of hydrogen-bond acceptors (Lipinski definition) is 3. The summed E-state index contributed by atoms with van der Waals surface area (Å²) in [7, 11) is 0. The van der Waals surface area contributed by atoms with Crippen LogP contribution in [0.4, 0.5) is 0 Å². The minimum Gasteiger partial charge on any atom is -0.311 e. The van der Waals surface area contributed by atoms with Crippen LogP contribution in [0.25, 0.3) is 0 Å². The summed E-state index contributed by atoms with van der Waals surface area (Å²) in [6.45, 7) is 3.09. The van der Waals surface area contributed by atoms with Crippen LogP contribution >= 0.6 is 0 Å². The fourth-order valence-electron chi connectivity index (χ4n) is 1.00. The summed E-state index contributed by atoms with van der Waals surface area (Å²) in [5.41, 5.74) is 2.07. The Morgan fingerprint density at radius 1 is 1.55 bits per heavy atom. The van der Waals surface area contributed by atoms with Crippen molar-refractivity contribution >= 4 is 0 Å². The molecule has 2 heterocycles. The van der Waals surface area contributed by atoms with Crippen molar-refractivity contribution in [3.63, 3.8) is 0 Å². The fraction of sp³-hybridized carbons (Fsp3) is 0.500. The van der Waals surface area contributed by atoms with Gasteiger partial charge in [-0.3, -0.25) is 9.97 Å². The molecule has 0 radical (unpaired) electrons. The quantitative estimate of drug-likeness (QED) is 0.615. The SMILES string of the molecule is Cc1cnc(CC2CN2)cn1. The Morgan fingerprint density at radius 2 is 2.36 bits per heavy atom. The lowest BCUT2D eigenvalue weighted by Crippen LogP contribution is -2.00. The number of rotatable bonds is 2. The van der Waals surface area contributed by atoms with Crippen molar-refractivity contribution in [1.29, 1.82) is 0 Å². The first-order chi connectivity index (χ1) is 5.34. The molecule has 1 aromatic heterocycles. The van der Waals surface area contributed by atoms with Gasteiger partial charge in [0.15, 0.2) is 0 Å². The maximum absolute atomic E-state index is 4.26. The third kappa shape index (κ3) is 1.74. The van der Waals surface area contributed by atoms with Gasteiger partial charge in [0.25, 0.3) is 0 Å². The molecule has 1 aliphatic heterocycles. The number of nitrogens with one attached hydrogen (secondary N) is 1. The van der Waals surface area contributed by atoms with E-state index in [2.05, 4.69) is 15.3 Å². The summed E-state index contributed by atoms with van der Waals surface area (Å²) in [4.78, 5) is 8.43. The van der Waals surface area contributed by atoms with Gasteiger partial charge in [0.2, 0.25) is 0 Å². The third-order valence-electron chi connectivity index (χ3n) is 1.78. The summed E-state index contributed by atoms with van der Waals surface area (Å²) >= 11 is 0. The predicted molar refractivity (Wildman–Crippen MR) is 42.3 cm³/mol. The first-order valence-electron chi connectivity index (χ1n) is 3.85. The average molecular weight is 149 g/mol. The smallest absolute Gasteiger partial charge is 0.0602 e. The van der Waals surface area contributed by atoms with E-state index in [4.69, 9.17) is 0 Å². The van der Waals surface area contributed by atoms with Gasteiger partial charge in [-0.05, 0) is 6.92 Å². The molecule has 3 nitrogen and oxygen atoms in total. The van der Waals surface area contributed by atoms with Crippen LogP contribution in [0, 0.1) is 6.92 Å². The van der Waals surface area contributed by atoms with Crippen molar-refractivity contribution in [3.8, 4) is 0 Å². The van der Waals surface area contributed by atoms with Crippen LogP contribution in [0.15, 0.2) is 12.4 Å². The first kappa shape index (κ1) is 6.73. The van der Waals surface area contributed by atoms with Crippen LogP contribution in [0.5, 0.6) is 0 Å². The zero-order chi connectivity index (χ0) is 7.68. The molecule has 1 fully saturated rings. The Morgan fingerprint density at radius 3 is 2.91 bits per heavy atom. The molecule has 1 atom stereocenters. The molecule has 11 heavy (non-hydrogen) atoms. The van der Waals surface area contributed by atoms with E-state index in [0.29, 0.717) is 6.04 Å². The highest BCUT2D eigenvalue weighted by atomic mass is 15.1. The van der Waals surface area contributed by atoms with Gasteiger partial charge >= 0.3 is 0 Å². The highest BCUT2D eigenvalue weighted by Gasteiger charge is 2.20. The van der Waals surface area contributed by atoms with Crippen LogP contribution < -0.4 is 5.32 Å². The Kier molecular flexibility index (Phi) is 1.58. The van der Waals surface area contributed by atoms with Crippen LogP contribution in [-0.4, -0.2) is 22.6 Å². The molecule has 3 heteroatoms. The van der Waals surface area contributed by atoms with E-state index < -0.39 is 0 Å². The lowest BCUT2D eigenvalue weighted by molar-refractivity contribution is 0.871. The molecule has 0 spiro atoms. The van der Waals surface area contributed by atoms with Crippen molar-refractivity contribution < 1.29 is 0 Å². The minimum absolute atomic E-state index is 0.659. The molecule has 0 aliphatic carbocycles. The topological polar surface area (TPSA) is 47.7 Å². The molecule has 1 N–H and O–H groups in total. The van der Waals surface area contributed by atoms with Gasteiger partial charge in [-0.2, -0.15) is 0 Å². The standard InChI is InChI=1S/C8H11N3/c1-6-3-10-7(4-9-6)2-8-5-11-8/h3-4,8,11H,2,5H2,1H3. The molecule has 1 saturated heterocycles. The molecule has 0 saturated carbocycles. The summed E-state index contributed by atoms with van der Waals surface area (Å²) in [5.74, 6) is 0. The molecule has 0 aromatic carbocycles. The Labute approximate surface area is 65.9 Å². The van der Waals surface area contributed by atoms with Crippen molar-refractivity contribution in [2.24, 2.45) is 0 Å². The van der Waals surface area contributed by atoms with Gasteiger partial charge in [0.05, 0.1) is 11.4 Å². The van der Waals surface area contributed by atoms with Crippen LogP contribution in [0.1, 0.15) is 11.4 Å². The Bertz CT molecular complexity index is 238. The number of aromatic nitrogens is 2. The molecule has 0 amide bonds. The zero-order valence-corrected chi connectivity index (χ0v) is 6.54.